The number of amides is 2. The molecule has 5 nitrogen and oxygen atoms in total. The fourth-order valence-electron chi connectivity index (χ4n) is 2.38. The van der Waals surface area contributed by atoms with Gasteiger partial charge in [-0.2, -0.15) is 18.4 Å². The van der Waals surface area contributed by atoms with Crippen molar-refractivity contribution in [3.05, 3.63) is 29.6 Å². The number of nitrogens with one attached hydrogen (secondary N) is 2. The third-order valence-electron chi connectivity index (χ3n) is 3.76. The first kappa shape index (κ1) is 17.1. The summed E-state index contributed by atoms with van der Waals surface area (Å²) in [7, 11) is 0. The van der Waals surface area contributed by atoms with Gasteiger partial charge in [0, 0.05) is 37.3 Å². The van der Waals surface area contributed by atoms with Crippen LogP contribution in [0.15, 0.2) is 18.3 Å². The van der Waals surface area contributed by atoms with Gasteiger partial charge in [0.1, 0.15) is 0 Å². The number of carbonyl (C=O) groups excluding carboxylic acids is 1. The van der Waals surface area contributed by atoms with Gasteiger partial charge in [-0.05, 0) is 30.5 Å². The van der Waals surface area contributed by atoms with E-state index in [4.69, 9.17) is 5.26 Å². The molecule has 124 valence electrons. The average Bonchev–Trinajstić information content (AvgIpc) is 2.45. The number of aryl methyl sites for hydroxylation is 1. The molecule has 0 atom stereocenters. The average molecular weight is 326 g/mol. The van der Waals surface area contributed by atoms with E-state index >= 15 is 0 Å². The minimum Gasteiger partial charge on any atom is -0.335 e. The Balaban J connectivity index is 1.72. The van der Waals surface area contributed by atoms with Gasteiger partial charge in [0.15, 0.2) is 0 Å². The van der Waals surface area contributed by atoms with Crippen LogP contribution in [0.3, 0.4) is 0 Å². The molecule has 2 amide bonds. The Morgan fingerprint density at radius 1 is 1.43 bits per heavy atom. The van der Waals surface area contributed by atoms with Crippen molar-refractivity contribution >= 4 is 6.03 Å². The van der Waals surface area contributed by atoms with Crippen LogP contribution in [0.4, 0.5) is 18.0 Å². The molecule has 1 heterocycles. The molecule has 8 heteroatoms. The van der Waals surface area contributed by atoms with Crippen LogP contribution in [0.1, 0.15) is 30.5 Å². The Morgan fingerprint density at radius 2 is 2.17 bits per heavy atom. The van der Waals surface area contributed by atoms with Crippen LogP contribution in [-0.2, 0) is 13.0 Å². The highest BCUT2D eigenvalue weighted by Gasteiger charge is 2.48. The second-order valence-electron chi connectivity index (χ2n) is 5.55. The minimum atomic E-state index is -4.18. The summed E-state index contributed by atoms with van der Waals surface area (Å²) in [6.45, 7) is 0.253. The number of alkyl halides is 3. The van der Waals surface area contributed by atoms with Crippen LogP contribution < -0.4 is 10.6 Å². The lowest BCUT2D eigenvalue weighted by molar-refractivity contribution is -0.198. The molecule has 0 unspecified atom stereocenters. The van der Waals surface area contributed by atoms with Crippen LogP contribution in [0, 0.1) is 17.2 Å². The van der Waals surface area contributed by atoms with Gasteiger partial charge in [0.25, 0.3) is 0 Å². The summed E-state index contributed by atoms with van der Waals surface area (Å²) in [6.07, 6.45) is -1.80. The molecule has 1 aromatic rings. The summed E-state index contributed by atoms with van der Waals surface area (Å²) in [5, 5.41) is 13.7. The van der Waals surface area contributed by atoms with E-state index in [1.165, 1.54) is 0 Å². The predicted molar refractivity (Wildman–Crippen MR) is 76.1 cm³/mol. The van der Waals surface area contributed by atoms with Crippen LogP contribution in [0.5, 0.6) is 0 Å². The summed E-state index contributed by atoms with van der Waals surface area (Å²) in [4.78, 5) is 15.8. The SMILES string of the molecule is N#CCCc1cc(CNC(=O)NC2CC(C(F)(F)F)C2)ccn1. The molecule has 2 N–H and O–H groups in total. The van der Waals surface area contributed by atoms with Crippen molar-refractivity contribution in [3.63, 3.8) is 0 Å². The van der Waals surface area contributed by atoms with Crippen molar-refractivity contribution in [1.29, 1.82) is 5.26 Å². The maximum atomic E-state index is 12.4. The largest absolute Gasteiger partial charge is 0.391 e. The van der Waals surface area contributed by atoms with Gasteiger partial charge in [-0.3, -0.25) is 4.98 Å². The Kier molecular flexibility index (Phi) is 5.42. The molecule has 1 saturated carbocycles. The number of hydrogen-bond donors (Lipinski definition) is 2. The molecule has 0 bridgehead atoms. The Labute approximate surface area is 131 Å². The van der Waals surface area contributed by atoms with Gasteiger partial charge in [-0.25, -0.2) is 4.79 Å². The van der Waals surface area contributed by atoms with Gasteiger partial charge < -0.3 is 10.6 Å². The smallest absolute Gasteiger partial charge is 0.335 e. The van der Waals surface area contributed by atoms with E-state index in [1.807, 2.05) is 6.07 Å². The number of hydrogen-bond acceptors (Lipinski definition) is 3. The van der Waals surface area contributed by atoms with Crippen molar-refractivity contribution in [2.45, 2.75) is 44.4 Å². The Morgan fingerprint density at radius 3 is 2.83 bits per heavy atom. The maximum Gasteiger partial charge on any atom is 0.391 e. The summed E-state index contributed by atoms with van der Waals surface area (Å²) < 4.78 is 37.1. The quantitative estimate of drug-likeness (QED) is 0.873. The number of halogens is 3. The third-order valence-corrected chi connectivity index (χ3v) is 3.76. The van der Waals surface area contributed by atoms with Crippen molar-refractivity contribution < 1.29 is 18.0 Å². The number of rotatable bonds is 5. The molecule has 0 spiro atoms. The molecule has 0 radical (unpaired) electrons. The zero-order chi connectivity index (χ0) is 16.9. The number of carbonyl (C=O) groups is 1. The van der Waals surface area contributed by atoms with E-state index in [0.29, 0.717) is 12.8 Å². The molecule has 0 saturated heterocycles. The van der Waals surface area contributed by atoms with Crippen LogP contribution in [0.2, 0.25) is 0 Å². The third kappa shape index (κ3) is 5.13. The van der Waals surface area contributed by atoms with E-state index in [2.05, 4.69) is 15.6 Å². The lowest BCUT2D eigenvalue weighted by atomic mass is 9.80. The molecule has 1 fully saturated rings. The fraction of sp³-hybridized carbons (Fsp3) is 0.533. The molecule has 23 heavy (non-hydrogen) atoms. The first-order valence-corrected chi connectivity index (χ1v) is 7.30. The van der Waals surface area contributed by atoms with E-state index in [0.717, 1.165) is 11.3 Å². The fourth-order valence-corrected chi connectivity index (χ4v) is 2.38. The van der Waals surface area contributed by atoms with Crippen LogP contribution in [0.25, 0.3) is 0 Å². The molecular weight excluding hydrogens is 309 g/mol. The molecule has 0 aromatic carbocycles. The molecular formula is C15H17F3N4O. The van der Waals surface area contributed by atoms with Gasteiger partial charge in [-0.15, -0.1) is 0 Å². The summed E-state index contributed by atoms with van der Waals surface area (Å²) in [6, 6.07) is 4.66. The first-order chi connectivity index (χ1) is 10.9. The number of nitrogens with zero attached hydrogens (tertiary/aromatic N) is 2. The zero-order valence-electron chi connectivity index (χ0n) is 12.4. The summed E-state index contributed by atoms with van der Waals surface area (Å²) >= 11 is 0. The molecule has 1 aromatic heterocycles. The number of pyridine rings is 1. The van der Waals surface area contributed by atoms with Crippen molar-refractivity contribution in [3.8, 4) is 6.07 Å². The molecule has 1 aliphatic carbocycles. The van der Waals surface area contributed by atoms with Gasteiger partial charge in [0.05, 0.1) is 12.0 Å². The highest BCUT2D eigenvalue weighted by molar-refractivity contribution is 5.74. The highest BCUT2D eigenvalue weighted by Crippen LogP contribution is 2.40. The lowest BCUT2D eigenvalue weighted by Crippen LogP contribution is -2.51. The van der Waals surface area contributed by atoms with E-state index in [-0.39, 0.29) is 19.4 Å². The van der Waals surface area contributed by atoms with Crippen molar-refractivity contribution in [1.82, 2.24) is 15.6 Å². The van der Waals surface area contributed by atoms with Crippen molar-refractivity contribution in [2.24, 2.45) is 5.92 Å². The summed E-state index contributed by atoms with van der Waals surface area (Å²) in [5.74, 6) is -1.31. The highest BCUT2D eigenvalue weighted by atomic mass is 19.4. The minimum absolute atomic E-state index is 0.0650. The Hall–Kier alpha value is -2.30. The first-order valence-electron chi connectivity index (χ1n) is 7.30. The topological polar surface area (TPSA) is 77.8 Å². The standard InChI is InChI=1S/C15H17F3N4O/c16-15(17,18)11-7-13(8-11)22-14(23)21-9-10-3-5-20-12(6-10)2-1-4-19/h3,5-6,11,13H,1-2,7-9H2,(H2,21,22,23). The molecule has 2 rings (SSSR count). The number of urea groups is 1. The van der Waals surface area contributed by atoms with Crippen LogP contribution >= 0.6 is 0 Å². The lowest BCUT2D eigenvalue weighted by Gasteiger charge is -2.36. The second-order valence-corrected chi connectivity index (χ2v) is 5.55. The van der Waals surface area contributed by atoms with E-state index in [9.17, 15) is 18.0 Å². The monoisotopic (exact) mass is 326 g/mol. The van der Waals surface area contributed by atoms with Gasteiger partial charge in [-0.1, -0.05) is 0 Å². The maximum absolute atomic E-state index is 12.4. The van der Waals surface area contributed by atoms with Gasteiger partial charge in [0.2, 0.25) is 0 Å². The second kappa shape index (κ2) is 7.31. The molecule has 0 aliphatic heterocycles. The van der Waals surface area contributed by atoms with Gasteiger partial charge >= 0.3 is 12.2 Å². The zero-order valence-corrected chi connectivity index (χ0v) is 12.4. The number of aromatic nitrogens is 1. The molecule has 1 aliphatic rings. The Bertz CT molecular complexity index is 591. The van der Waals surface area contributed by atoms with Crippen molar-refractivity contribution in [2.75, 3.05) is 0 Å². The normalized spacial score (nSPS) is 20.3. The van der Waals surface area contributed by atoms with E-state index < -0.39 is 24.2 Å². The summed E-state index contributed by atoms with van der Waals surface area (Å²) in [5.41, 5.74) is 1.59. The van der Waals surface area contributed by atoms with E-state index in [1.54, 1.807) is 18.3 Å². The van der Waals surface area contributed by atoms with Crippen LogP contribution in [-0.4, -0.2) is 23.2 Å². The number of nitriles is 1. The predicted octanol–water partition coefficient (Wildman–Crippen LogP) is 2.68.